The Morgan fingerprint density at radius 2 is 1.95 bits per heavy atom. The molecule has 1 aromatic heterocycles. The standard InChI is InChI=1S/C14H16ClN3O/c1-9-5-6-11(10(2)7-9)18(3)14-12(19-4)13(15)16-8-17-14/h5-8H,1-4H3. The van der Waals surface area contributed by atoms with Gasteiger partial charge in [-0.3, -0.25) is 0 Å². The van der Waals surface area contributed by atoms with Gasteiger partial charge in [-0.1, -0.05) is 29.3 Å². The number of halogens is 1. The van der Waals surface area contributed by atoms with Gasteiger partial charge in [0.15, 0.2) is 16.7 Å². The van der Waals surface area contributed by atoms with Crippen LogP contribution < -0.4 is 9.64 Å². The highest BCUT2D eigenvalue weighted by molar-refractivity contribution is 6.31. The lowest BCUT2D eigenvalue weighted by atomic mass is 10.1. The Balaban J connectivity index is 2.50. The monoisotopic (exact) mass is 277 g/mol. The highest BCUT2D eigenvalue weighted by Crippen LogP contribution is 2.35. The van der Waals surface area contributed by atoms with Crippen LogP contribution in [0, 0.1) is 13.8 Å². The fraction of sp³-hybridized carbons (Fsp3) is 0.286. The number of hydrogen-bond donors (Lipinski definition) is 0. The molecule has 2 rings (SSSR count). The first-order valence-electron chi connectivity index (χ1n) is 5.90. The topological polar surface area (TPSA) is 38.3 Å². The molecule has 0 aliphatic heterocycles. The summed E-state index contributed by atoms with van der Waals surface area (Å²) in [6, 6.07) is 6.25. The van der Waals surface area contributed by atoms with E-state index in [2.05, 4.69) is 42.0 Å². The lowest BCUT2D eigenvalue weighted by Crippen LogP contribution is -2.14. The zero-order chi connectivity index (χ0) is 14.0. The molecular weight excluding hydrogens is 262 g/mol. The average Bonchev–Trinajstić information content (AvgIpc) is 2.37. The minimum Gasteiger partial charge on any atom is -0.490 e. The highest BCUT2D eigenvalue weighted by Gasteiger charge is 2.16. The number of aromatic nitrogens is 2. The van der Waals surface area contributed by atoms with Crippen molar-refractivity contribution in [1.29, 1.82) is 0 Å². The molecule has 0 spiro atoms. The SMILES string of the molecule is COc1c(Cl)ncnc1N(C)c1ccc(C)cc1C. The van der Waals surface area contributed by atoms with Crippen molar-refractivity contribution in [1.82, 2.24) is 9.97 Å². The van der Waals surface area contributed by atoms with Crippen molar-refractivity contribution in [2.75, 3.05) is 19.1 Å². The average molecular weight is 278 g/mol. The van der Waals surface area contributed by atoms with Crippen molar-refractivity contribution in [3.8, 4) is 5.75 Å². The Morgan fingerprint density at radius 3 is 2.58 bits per heavy atom. The van der Waals surface area contributed by atoms with Gasteiger partial charge in [0, 0.05) is 12.7 Å². The third-order valence-corrected chi connectivity index (χ3v) is 3.25. The third-order valence-electron chi connectivity index (χ3n) is 2.98. The van der Waals surface area contributed by atoms with Crippen LogP contribution in [0.15, 0.2) is 24.5 Å². The first kappa shape index (κ1) is 13.6. The zero-order valence-corrected chi connectivity index (χ0v) is 12.2. The largest absolute Gasteiger partial charge is 0.490 e. The number of rotatable bonds is 3. The van der Waals surface area contributed by atoms with Gasteiger partial charge < -0.3 is 9.64 Å². The van der Waals surface area contributed by atoms with Gasteiger partial charge in [-0.25, -0.2) is 9.97 Å². The second-order valence-electron chi connectivity index (χ2n) is 4.37. The minimum atomic E-state index is 0.309. The van der Waals surface area contributed by atoms with Crippen molar-refractivity contribution in [2.24, 2.45) is 0 Å². The van der Waals surface area contributed by atoms with E-state index in [4.69, 9.17) is 16.3 Å². The summed E-state index contributed by atoms with van der Waals surface area (Å²) in [7, 11) is 3.49. The highest BCUT2D eigenvalue weighted by atomic mass is 35.5. The van der Waals surface area contributed by atoms with E-state index in [1.54, 1.807) is 7.11 Å². The number of benzene rings is 1. The normalized spacial score (nSPS) is 10.4. The smallest absolute Gasteiger partial charge is 0.199 e. The van der Waals surface area contributed by atoms with Crippen molar-refractivity contribution in [3.63, 3.8) is 0 Å². The maximum Gasteiger partial charge on any atom is 0.199 e. The second-order valence-corrected chi connectivity index (χ2v) is 4.73. The van der Waals surface area contributed by atoms with E-state index in [0.29, 0.717) is 16.7 Å². The molecule has 0 saturated carbocycles. The maximum atomic E-state index is 6.02. The molecule has 0 fully saturated rings. The molecule has 0 unspecified atom stereocenters. The lowest BCUT2D eigenvalue weighted by molar-refractivity contribution is 0.412. The summed E-state index contributed by atoms with van der Waals surface area (Å²) < 4.78 is 5.28. The summed E-state index contributed by atoms with van der Waals surface area (Å²) in [6.45, 7) is 4.13. The molecule has 0 saturated heterocycles. The molecule has 100 valence electrons. The van der Waals surface area contributed by atoms with E-state index in [1.807, 2.05) is 11.9 Å². The van der Waals surface area contributed by atoms with Crippen LogP contribution in [-0.4, -0.2) is 24.1 Å². The molecule has 0 atom stereocenters. The van der Waals surface area contributed by atoms with Gasteiger partial charge in [0.05, 0.1) is 7.11 Å². The maximum absolute atomic E-state index is 6.02. The number of aryl methyl sites for hydroxylation is 2. The van der Waals surface area contributed by atoms with Crippen LogP contribution in [0.5, 0.6) is 5.75 Å². The van der Waals surface area contributed by atoms with Crippen LogP contribution in [0.3, 0.4) is 0 Å². The van der Waals surface area contributed by atoms with Crippen LogP contribution >= 0.6 is 11.6 Å². The summed E-state index contributed by atoms with van der Waals surface area (Å²) in [5.74, 6) is 1.13. The Morgan fingerprint density at radius 1 is 1.21 bits per heavy atom. The molecule has 0 aliphatic carbocycles. The number of hydrogen-bond acceptors (Lipinski definition) is 4. The number of ether oxygens (including phenoxy) is 1. The van der Waals surface area contributed by atoms with Gasteiger partial charge >= 0.3 is 0 Å². The molecule has 1 aromatic carbocycles. The number of methoxy groups -OCH3 is 1. The van der Waals surface area contributed by atoms with Gasteiger partial charge in [0.2, 0.25) is 0 Å². The van der Waals surface area contributed by atoms with Gasteiger partial charge in [-0.15, -0.1) is 0 Å². The predicted octanol–water partition coefficient (Wildman–Crippen LogP) is 3.52. The van der Waals surface area contributed by atoms with Crippen LogP contribution in [0.25, 0.3) is 0 Å². The fourth-order valence-corrected chi connectivity index (χ4v) is 2.26. The van der Waals surface area contributed by atoms with E-state index in [0.717, 1.165) is 5.69 Å². The van der Waals surface area contributed by atoms with Gasteiger partial charge in [-0.2, -0.15) is 0 Å². The Hall–Kier alpha value is -1.81. The zero-order valence-electron chi connectivity index (χ0n) is 11.4. The summed E-state index contributed by atoms with van der Waals surface area (Å²) in [4.78, 5) is 10.1. The van der Waals surface area contributed by atoms with E-state index in [1.165, 1.54) is 17.5 Å². The summed E-state index contributed by atoms with van der Waals surface area (Å²) in [5, 5.41) is 0.309. The summed E-state index contributed by atoms with van der Waals surface area (Å²) in [5.41, 5.74) is 3.44. The molecule has 0 amide bonds. The molecule has 0 radical (unpaired) electrons. The van der Waals surface area contributed by atoms with Crippen molar-refractivity contribution in [3.05, 3.63) is 40.8 Å². The molecule has 5 heteroatoms. The van der Waals surface area contributed by atoms with Gasteiger partial charge in [-0.05, 0) is 25.5 Å². The minimum absolute atomic E-state index is 0.309. The van der Waals surface area contributed by atoms with Crippen molar-refractivity contribution < 1.29 is 4.74 Å². The van der Waals surface area contributed by atoms with Crippen LogP contribution in [-0.2, 0) is 0 Å². The van der Waals surface area contributed by atoms with Crippen LogP contribution in [0.4, 0.5) is 11.5 Å². The number of anilines is 2. The first-order valence-corrected chi connectivity index (χ1v) is 6.28. The van der Waals surface area contributed by atoms with Crippen LogP contribution in [0.1, 0.15) is 11.1 Å². The molecular formula is C14H16ClN3O. The van der Waals surface area contributed by atoms with Crippen molar-refractivity contribution >= 4 is 23.1 Å². The molecule has 0 N–H and O–H groups in total. The van der Waals surface area contributed by atoms with E-state index < -0.39 is 0 Å². The molecule has 0 bridgehead atoms. The van der Waals surface area contributed by atoms with Gasteiger partial charge in [0.25, 0.3) is 0 Å². The quantitative estimate of drug-likeness (QED) is 0.805. The first-order chi connectivity index (χ1) is 9.04. The molecule has 2 aromatic rings. The second kappa shape index (κ2) is 5.45. The summed E-state index contributed by atoms with van der Waals surface area (Å²) in [6.07, 6.45) is 1.43. The predicted molar refractivity (Wildman–Crippen MR) is 77.6 cm³/mol. The Labute approximate surface area is 118 Å². The Bertz CT molecular complexity index is 601. The molecule has 19 heavy (non-hydrogen) atoms. The third kappa shape index (κ3) is 2.63. The van der Waals surface area contributed by atoms with E-state index in [-0.39, 0.29) is 0 Å². The van der Waals surface area contributed by atoms with E-state index >= 15 is 0 Å². The lowest BCUT2D eigenvalue weighted by Gasteiger charge is -2.22. The number of nitrogens with zero attached hydrogens (tertiary/aromatic N) is 3. The van der Waals surface area contributed by atoms with E-state index in [9.17, 15) is 0 Å². The Kier molecular flexibility index (Phi) is 3.90. The fourth-order valence-electron chi connectivity index (χ4n) is 2.05. The molecule has 4 nitrogen and oxygen atoms in total. The van der Waals surface area contributed by atoms with Crippen LogP contribution in [0.2, 0.25) is 5.15 Å². The summed E-state index contributed by atoms with van der Waals surface area (Å²) >= 11 is 6.02. The molecule has 1 heterocycles. The molecule has 0 aliphatic rings. The van der Waals surface area contributed by atoms with Crippen molar-refractivity contribution in [2.45, 2.75) is 13.8 Å². The van der Waals surface area contributed by atoms with Gasteiger partial charge in [0.1, 0.15) is 6.33 Å².